The Morgan fingerprint density at radius 2 is 1.89 bits per heavy atom. The third-order valence-corrected chi connectivity index (χ3v) is 7.20. The van der Waals surface area contributed by atoms with E-state index in [4.69, 9.17) is 20.9 Å². The van der Waals surface area contributed by atoms with Crippen molar-refractivity contribution in [2.45, 2.75) is 51.2 Å². The lowest BCUT2D eigenvalue weighted by Crippen LogP contribution is -2.29. The van der Waals surface area contributed by atoms with Crippen molar-refractivity contribution in [2.24, 2.45) is 5.92 Å². The standard InChI is InChI=1S/C26H28FN7O4/c1-14(36)21-23(16-4-2-15(3-5-16)22(27)26(37)38)32-25-19(12-31-34(25)24(21)28)17-6-7-20(29-10-17)18-11-30-33(13-18)8-9-35/h6-7,10-13,15-16,22,35H,2-5,8-9,28H2,1H3,(H,37,38)/t15-,16+,22?. The number of hydrogen-bond donors (Lipinski definition) is 3. The number of anilines is 1. The van der Waals surface area contributed by atoms with Gasteiger partial charge >= 0.3 is 5.97 Å². The molecule has 1 aliphatic carbocycles. The third kappa shape index (κ3) is 4.62. The molecule has 38 heavy (non-hydrogen) atoms. The topological polar surface area (TPSA) is 162 Å². The highest BCUT2D eigenvalue weighted by atomic mass is 19.1. The van der Waals surface area contributed by atoms with Crippen molar-refractivity contribution < 1.29 is 24.2 Å². The number of carbonyl (C=O) groups is 2. The maximum Gasteiger partial charge on any atom is 0.338 e. The van der Waals surface area contributed by atoms with Gasteiger partial charge in [-0.1, -0.05) is 6.07 Å². The lowest BCUT2D eigenvalue weighted by molar-refractivity contribution is -0.145. The Morgan fingerprint density at radius 3 is 2.53 bits per heavy atom. The Hall–Kier alpha value is -4.19. The molecular formula is C26H28FN7O4. The van der Waals surface area contributed by atoms with E-state index in [1.807, 2.05) is 18.3 Å². The van der Waals surface area contributed by atoms with Crippen molar-refractivity contribution in [2.75, 3.05) is 12.3 Å². The summed E-state index contributed by atoms with van der Waals surface area (Å²) in [5.74, 6) is -2.22. The molecule has 198 valence electrons. The molecule has 0 aromatic carbocycles. The Labute approximate surface area is 217 Å². The number of nitrogens with zero attached hydrogens (tertiary/aromatic N) is 6. The third-order valence-electron chi connectivity index (χ3n) is 7.20. The van der Waals surface area contributed by atoms with E-state index < -0.39 is 18.1 Å². The molecule has 4 N–H and O–H groups in total. The highest BCUT2D eigenvalue weighted by Gasteiger charge is 2.35. The summed E-state index contributed by atoms with van der Waals surface area (Å²) < 4.78 is 17.1. The summed E-state index contributed by atoms with van der Waals surface area (Å²) in [4.78, 5) is 33.1. The molecule has 12 heteroatoms. The minimum absolute atomic E-state index is 0.00811. The second-order valence-electron chi connectivity index (χ2n) is 9.61. The van der Waals surface area contributed by atoms with Crippen LogP contribution in [0.2, 0.25) is 0 Å². The summed E-state index contributed by atoms with van der Waals surface area (Å²) in [5, 5.41) is 26.7. The number of aliphatic hydroxyl groups excluding tert-OH is 1. The number of ketones is 1. The van der Waals surface area contributed by atoms with E-state index in [2.05, 4.69) is 15.2 Å². The Balaban J connectivity index is 1.49. The summed E-state index contributed by atoms with van der Waals surface area (Å²) in [6.45, 7) is 1.81. The highest BCUT2D eigenvalue weighted by Crippen LogP contribution is 2.40. The predicted molar refractivity (Wildman–Crippen MR) is 136 cm³/mol. The number of nitrogens with two attached hydrogens (primary N) is 1. The van der Waals surface area contributed by atoms with Gasteiger partial charge in [0.15, 0.2) is 17.6 Å². The number of hydrogen-bond acceptors (Lipinski definition) is 8. The van der Waals surface area contributed by atoms with E-state index in [-0.39, 0.29) is 24.1 Å². The maximum atomic E-state index is 14.1. The Bertz CT molecular complexity index is 1490. The first-order valence-corrected chi connectivity index (χ1v) is 12.4. The number of alkyl halides is 1. The normalized spacial score (nSPS) is 18.5. The van der Waals surface area contributed by atoms with Crippen LogP contribution in [0.1, 0.15) is 54.6 Å². The summed E-state index contributed by atoms with van der Waals surface area (Å²) in [5.41, 5.74) is 10.7. The zero-order valence-electron chi connectivity index (χ0n) is 20.8. The van der Waals surface area contributed by atoms with Crippen LogP contribution in [0.15, 0.2) is 36.9 Å². The van der Waals surface area contributed by atoms with Crippen molar-refractivity contribution in [3.63, 3.8) is 0 Å². The molecule has 4 aromatic rings. The highest BCUT2D eigenvalue weighted by molar-refractivity contribution is 6.00. The van der Waals surface area contributed by atoms with Crippen molar-refractivity contribution in [1.29, 1.82) is 0 Å². The number of Topliss-reactive ketones (excluding diaryl/α,β-unsaturated/α-hetero) is 1. The fraction of sp³-hybridized carbons (Fsp3) is 0.385. The lowest BCUT2D eigenvalue weighted by Gasteiger charge is -2.29. The van der Waals surface area contributed by atoms with Crippen LogP contribution in [-0.4, -0.2) is 64.1 Å². The quantitative estimate of drug-likeness (QED) is 0.296. The number of aromatic nitrogens is 6. The van der Waals surface area contributed by atoms with Crippen LogP contribution in [0.5, 0.6) is 0 Å². The predicted octanol–water partition coefficient (Wildman–Crippen LogP) is 3.13. The zero-order chi connectivity index (χ0) is 27.0. The molecule has 1 atom stereocenters. The number of halogens is 1. The first kappa shape index (κ1) is 25.5. The first-order valence-electron chi connectivity index (χ1n) is 12.4. The number of fused-ring (bicyclic) bond motifs is 1. The average molecular weight is 522 g/mol. The number of pyridine rings is 1. The minimum Gasteiger partial charge on any atom is -0.479 e. The van der Waals surface area contributed by atoms with Gasteiger partial charge in [0.1, 0.15) is 5.82 Å². The van der Waals surface area contributed by atoms with Gasteiger partial charge < -0.3 is 15.9 Å². The molecule has 11 nitrogen and oxygen atoms in total. The first-order chi connectivity index (χ1) is 18.3. The summed E-state index contributed by atoms with van der Waals surface area (Å²) in [6.07, 6.45) is 6.69. The number of nitrogen functional groups attached to an aromatic ring is 1. The molecule has 0 saturated heterocycles. The summed E-state index contributed by atoms with van der Waals surface area (Å²) >= 11 is 0. The van der Waals surface area contributed by atoms with E-state index in [0.29, 0.717) is 60.4 Å². The Morgan fingerprint density at radius 1 is 1.13 bits per heavy atom. The van der Waals surface area contributed by atoms with Gasteiger partial charge in [-0.3, -0.25) is 14.5 Å². The summed E-state index contributed by atoms with van der Waals surface area (Å²) in [7, 11) is 0. The molecule has 1 fully saturated rings. The van der Waals surface area contributed by atoms with Crippen LogP contribution in [0, 0.1) is 5.92 Å². The van der Waals surface area contributed by atoms with Crippen LogP contribution < -0.4 is 5.73 Å². The van der Waals surface area contributed by atoms with E-state index in [9.17, 15) is 14.0 Å². The van der Waals surface area contributed by atoms with Crippen molar-refractivity contribution >= 4 is 23.2 Å². The number of aliphatic carboxylic acids is 1. The second-order valence-corrected chi connectivity index (χ2v) is 9.61. The molecule has 5 rings (SSSR count). The van der Waals surface area contributed by atoms with Gasteiger partial charge in [-0.25, -0.2) is 14.2 Å². The molecule has 0 aliphatic heterocycles. The van der Waals surface area contributed by atoms with Gasteiger partial charge in [0.2, 0.25) is 0 Å². The van der Waals surface area contributed by atoms with Gasteiger partial charge in [-0.2, -0.15) is 14.7 Å². The average Bonchev–Trinajstić information content (AvgIpc) is 3.56. The van der Waals surface area contributed by atoms with Crippen molar-refractivity contribution in [3.05, 3.63) is 48.2 Å². The molecule has 1 aliphatic rings. The van der Waals surface area contributed by atoms with Gasteiger partial charge in [0.05, 0.1) is 42.5 Å². The van der Waals surface area contributed by atoms with E-state index in [1.54, 1.807) is 23.3 Å². The molecule has 0 bridgehead atoms. The van der Waals surface area contributed by atoms with Crippen LogP contribution in [0.25, 0.3) is 28.0 Å². The summed E-state index contributed by atoms with van der Waals surface area (Å²) in [6, 6.07) is 3.74. The zero-order valence-corrected chi connectivity index (χ0v) is 20.8. The molecule has 0 spiro atoms. The van der Waals surface area contributed by atoms with Crippen LogP contribution in [0.3, 0.4) is 0 Å². The van der Waals surface area contributed by atoms with Gasteiger partial charge in [-0.15, -0.1) is 0 Å². The van der Waals surface area contributed by atoms with E-state index in [1.165, 1.54) is 11.4 Å². The van der Waals surface area contributed by atoms with E-state index >= 15 is 0 Å². The van der Waals surface area contributed by atoms with Crippen molar-refractivity contribution in [1.82, 2.24) is 29.4 Å². The number of carboxylic acid groups (broad SMARTS) is 1. The lowest BCUT2D eigenvalue weighted by atomic mass is 9.77. The number of carbonyl (C=O) groups excluding carboxylic acids is 1. The maximum absolute atomic E-state index is 14.1. The molecule has 1 unspecified atom stereocenters. The van der Waals surface area contributed by atoms with Gasteiger partial charge in [0, 0.05) is 40.9 Å². The molecule has 1 saturated carbocycles. The van der Waals surface area contributed by atoms with Gasteiger partial charge in [0.25, 0.3) is 0 Å². The molecule has 4 aromatic heterocycles. The fourth-order valence-corrected chi connectivity index (χ4v) is 5.22. The molecule has 4 heterocycles. The molecule has 0 amide bonds. The van der Waals surface area contributed by atoms with Crippen LogP contribution in [0.4, 0.5) is 10.2 Å². The minimum atomic E-state index is -1.90. The van der Waals surface area contributed by atoms with Crippen LogP contribution >= 0.6 is 0 Å². The number of aliphatic hydroxyl groups is 1. The molecular weight excluding hydrogens is 493 g/mol. The smallest absolute Gasteiger partial charge is 0.338 e. The molecule has 0 radical (unpaired) electrons. The largest absolute Gasteiger partial charge is 0.479 e. The second kappa shape index (κ2) is 10.3. The van der Waals surface area contributed by atoms with Crippen LogP contribution in [-0.2, 0) is 11.3 Å². The number of rotatable bonds is 8. The van der Waals surface area contributed by atoms with Crippen molar-refractivity contribution in [3.8, 4) is 22.4 Å². The monoisotopic (exact) mass is 521 g/mol. The van der Waals surface area contributed by atoms with Gasteiger partial charge in [-0.05, 0) is 38.7 Å². The SMILES string of the molecule is CC(=O)c1c(N)n2ncc(-c3ccc(-c4cnn(CCO)c4)nc3)c2nc1[C@H]1CC[C@@H](C(F)C(=O)O)CC1. The number of carboxylic acids is 1. The Kier molecular flexibility index (Phi) is 6.89. The fourth-order valence-electron chi connectivity index (χ4n) is 5.22. The van der Waals surface area contributed by atoms with E-state index in [0.717, 1.165) is 11.1 Å².